The van der Waals surface area contributed by atoms with Crippen LogP contribution in [0.25, 0.3) is 0 Å². The standard InChI is InChI=1S/C10H13ClFN3O/c1-6(4-10(13)15-16)14-9-3-2-7(11)5-8(9)12/h2-3,5-6,14,16H,4H2,1H3,(H2,13,15). The van der Waals surface area contributed by atoms with E-state index in [0.717, 1.165) is 0 Å². The van der Waals surface area contributed by atoms with Crippen molar-refractivity contribution in [3.8, 4) is 0 Å². The van der Waals surface area contributed by atoms with Gasteiger partial charge in [0.2, 0.25) is 0 Å². The van der Waals surface area contributed by atoms with E-state index in [9.17, 15) is 4.39 Å². The summed E-state index contributed by atoms with van der Waals surface area (Å²) >= 11 is 5.62. The maximum Gasteiger partial charge on any atom is 0.147 e. The van der Waals surface area contributed by atoms with E-state index in [0.29, 0.717) is 17.1 Å². The molecule has 16 heavy (non-hydrogen) atoms. The molecule has 1 aromatic carbocycles. The number of hydrogen-bond acceptors (Lipinski definition) is 3. The molecule has 0 saturated heterocycles. The Morgan fingerprint density at radius 1 is 1.69 bits per heavy atom. The summed E-state index contributed by atoms with van der Waals surface area (Å²) in [6.45, 7) is 1.80. The second kappa shape index (κ2) is 5.55. The van der Waals surface area contributed by atoms with Crippen molar-refractivity contribution in [1.29, 1.82) is 0 Å². The third-order valence-corrected chi connectivity index (χ3v) is 2.21. The summed E-state index contributed by atoms with van der Waals surface area (Å²) in [4.78, 5) is 0. The molecule has 0 bridgehead atoms. The number of nitrogens with two attached hydrogens (primary N) is 1. The molecule has 0 heterocycles. The average molecular weight is 246 g/mol. The molecule has 88 valence electrons. The molecule has 1 unspecified atom stereocenters. The van der Waals surface area contributed by atoms with Gasteiger partial charge in [0.25, 0.3) is 0 Å². The van der Waals surface area contributed by atoms with Crippen molar-refractivity contribution >= 4 is 23.1 Å². The van der Waals surface area contributed by atoms with Crippen molar-refractivity contribution in [2.45, 2.75) is 19.4 Å². The van der Waals surface area contributed by atoms with Crippen molar-refractivity contribution in [3.63, 3.8) is 0 Å². The zero-order chi connectivity index (χ0) is 12.1. The number of hydrogen-bond donors (Lipinski definition) is 3. The van der Waals surface area contributed by atoms with Crippen LogP contribution in [0.4, 0.5) is 10.1 Å². The first-order valence-corrected chi connectivity index (χ1v) is 5.08. The number of rotatable bonds is 4. The zero-order valence-electron chi connectivity index (χ0n) is 8.74. The summed E-state index contributed by atoms with van der Waals surface area (Å²) in [6.07, 6.45) is 0.318. The molecule has 1 aromatic rings. The predicted octanol–water partition coefficient (Wildman–Crippen LogP) is 2.42. The van der Waals surface area contributed by atoms with Gasteiger partial charge in [-0.3, -0.25) is 0 Å². The fourth-order valence-electron chi connectivity index (χ4n) is 1.28. The molecule has 0 aromatic heterocycles. The third-order valence-electron chi connectivity index (χ3n) is 1.98. The summed E-state index contributed by atoms with van der Waals surface area (Å²) in [5, 5.41) is 14.5. The Labute approximate surface area is 97.9 Å². The number of anilines is 1. The van der Waals surface area contributed by atoms with Crippen LogP contribution in [0.15, 0.2) is 23.4 Å². The lowest BCUT2D eigenvalue weighted by atomic mass is 10.2. The Bertz CT molecular complexity index is 398. The minimum atomic E-state index is -0.432. The summed E-state index contributed by atoms with van der Waals surface area (Å²) < 4.78 is 13.4. The molecule has 0 radical (unpaired) electrons. The van der Waals surface area contributed by atoms with Crippen molar-refractivity contribution in [2.75, 3.05) is 5.32 Å². The summed E-state index contributed by atoms with van der Waals surface area (Å²) in [6, 6.07) is 4.20. The number of benzene rings is 1. The van der Waals surface area contributed by atoms with Gasteiger partial charge in [0, 0.05) is 17.5 Å². The maximum absolute atomic E-state index is 13.4. The quantitative estimate of drug-likeness (QED) is 0.330. The van der Waals surface area contributed by atoms with Gasteiger partial charge in [-0.1, -0.05) is 16.8 Å². The lowest BCUT2D eigenvalue weighted by molar-refractivity contribution is 0.316. The lowest BCUT2D eigenvalue weighted by Crippen LogP contribution is -2.24. The minimum absolute atomic E-state index is 0.0920. The monoisotopic (exact) mass is 245 g/mol. The Hall–Kier alpha value is -1.49. The molecule has 0 spiro atoms. The molecule has 0 aliphatic carbocycles. The molecule has 0 saturated carbocycles. The van der Waals surface area contributed by atoms with Crippen LogP contribution in [-0.4, -0.2) is 17.1 Å². The van der Waals surface area contributed by atoms with Gasteiger partial charge >= 0.3 is 0 Å². The molecule has 6 heteroatoms. The van der Waals surface area contributed by atoms with Crippen LogP contribution in [0.2, 0.25) is 5.02 Å². The van der Waals surface area contributed by atoms with E-state index in [1.165, 1.54) is 6.07 Å². The second-order valence-electron chi connectivity index (χ2n) is 3.47. The SMILES string of the molecule is CC(CC(N)=NO)Nc1ccc(Cl)cc1F. The molecule has 0 aliphatic heterocycles. The minimum Gasteiger partial charge on any atom is -0.409 e. The number of oxime groups is 1. The zero-order valence-corrected chi connectivity index (χ0v) is 9.50. The predicted molar refractivity (Wildman–Crippen MR) is 62.5 cm³/mol. The fraction of sp³-hybridized carbons (Fsp3) is 0.300. The number of nitrogens with one attached hydrogen (secondary N) is 1. The molecule has 4 N–H and O–H groups in total. The molecule has 4 nitrogen and oxygen atoms in total. The number of nitrogens with zero attached hydrogens (tertiary/aromatic N) is 1. The van der Waals surface area contributed by atoms with Crippen molar-refractivity contribution in [3.05, 3.63) is 29.0 Å². The van der Waals surface area contributed by atoms with Crippen LogP contribution in [0.5, 0.6) is 0 Å². The van der Waals surface area contributed by atoms with E-state index in [-0.39, 0.29) is 11.9 Å². The molecule has 0 aliphatic rings. The van der Waals surface area contributed by atoms with E-state index in [2.05, 4.69) is 10.5 Å². The maximum atomic E-state index is 13.4. The van der Waals surface area contributed by atoms with E-state index in [1.54, 1.807) is 19.1 Å². The smallest absolute Gasteiger partial charge is 0.147 e. The van der Waals surface area contributed by atoms with Gasteiger partial charge in [0.05, 0.1) is 5.69 Å². The third kappa shape index (κ3) is 3.58. The summed E-state index contributed by atoms with van der Waals surface area (Å²) in [5.74, 6) is -0.340. The fourth-order valence-corrected chi connectivity index (χ4v) is 1.44. The van der Waals surface area contributed by atoms with Gasteiger partial charge in [-0.15, -0.1) is 0 Å². The van der Waals surface area contributed by atoms with Crippen LogP contribution in [0.1, 0.15) is 13.3 Å². The average Bonchev–Trinajstić information content (AvgIpc) is 2.22. The van der Waals surface area contributed by atoms with Crippen molar-refractivity contribution < 1.29 is 9.60 Å². The number of halogens is 2. The van der Waals surface area contributed by atoms with Gasteiger partial charge in [-0.05, 0) is 25.1 Å². The highest BCUT2D eigenvalue weighted by Crippen LogP contribution is 2.19. The molecule has 1 atom stereocenters. The van der Waals surface area contributed by atoms with Gasteiger partial charge in [-0.2, -0.15) is 0 Å². The highest BCUT2D eigenvalue weighted by atomic mass is 35.5. The van der Waals surface area contributed by atoms with Crippen LogP contribution in [0.3, 0.4) is 0 Å². The normalized spacial score (nSPS) is 13.6. The first-order valence-electron chi connectivity index (χ1n) is 4.71. The van der Waals surface area contributed by atoms with E-state index in [1.807, 2.05) is 0 Å². The molecule has 0 amide bonds. The largest absolute Gasteiger partial charge is 0.409 e. The van der Waals surface area contributed by atoms with Crippen LogP contribution in [0, 0.1) is 5.82 Å². The van der Waals surface area contributed by atoms with Crippen molar-refractivity contribution in [1.82, 2.24) is 0 Å². The van der Waals surface area contributed by atoms with Crippen LogP contribution < -0.4 is 11.1 Å². The Balaban J connectivity index is 2.66. The van der Waals surface area contributed by atoms with E-state index < -0.39 is 5.82 Å². The molecular weight excluding hydrogens is 233 g/mol. The summed E-state index contributed by atoms with van der Waals surface area (Å²) in [5.41, 5.74) is 5.67. The van der Waals surface area contributed by atoms with Gasteiger partial charge in [-0.25, -0.2) is 4.39 Å². The van der Waals surface area contributed by atoms with E-state index in [4.69, 9.17) is 22.5 Å². The first kappa shape index (κ1) is 12.6. The van der Waals surface area contributed by atoms with Crippen LogP contribution >= 0.6 is 11.6 Å². The highest BCUT2D eigenvalue weighted by Gasteiger charge is 2.08. The molecule has 1 rings (SSSR count). The number of amidine groups is 1. The van der Waals surface area contributed by atoms with Gasteiger partial charge in [0.1, 0.15) is 11.7 Å². The Kier molecular flexibility index (Phi) is 4.37. The summed E-state index contributed by atoms with van der Waals surface area (Å²) in [7, 11) is 0. The topological polar surface area (TPSA) is 70.6 Å². The Morgan fingerprint density at radius 3 is 2.94 bits per heavy atom. The van der Waals surface area contributed by atoms with Crippen molar-refractivity contribution in [2.24, 2.45) is 10.9 Å². The van der Waals surface area contributed by atoms with Crippen LogP contribution in [-0.2, 0) is 0 Å². The molecule has 0 fully saturated rings. The van der Waals surface area contributed by atoms with Gasteiger partial charge in [0.15, 0.2) is 0 Å². The Morgan fingerprint density at radius 2 is 2.38 bits per heavy atom. The second-order valence-corrected chi connectivity index (χ2v) is 3.90. The van der Waals surface area contributed by atoms with Gasteiger partial charge < -0.3 is 16.3 Å². The van der Waals surface area contributed by atoms with E-state index >= 15 is 0 Å². The highest BCUT2D eigenvalue weighted by molar-refractivity contribution is 6.30. The molecular formula is C10H13ClFN3O. The first-order chi connectivity index (χ1) is 7.52. The lowest BCUT2D eigenvalue weighted by Gasteiger charge is -2.14.